The summed E-state index contributed by atoms with van der Waals surface area (Å²) in [6.07, 6.45) is 5.20. The number of rotatable bonds is 11. The van der Waals surface area contributed by atoms with Gasteiger partial charge in [0.1, 0.15) is 0 Å². The number of hydrogen-bond donors (Lipinski definition) is 2. The van der Waals surface area contributed by atoms with Gasteiger partial charge in [0.25, 0.3) is 0 Å². The molecule has 0 unspecified atom stereocenters. The largest absolute Gasteiger partial charge is 0.493 e. The molecule has 238 valence electrons. The molecule has 2 amide bonds. The molecule has 3 aromatic carbocycles. The zero-order chi connectivity index (χ0) is 31.9. The number of ether oxygens (including phenoxy) is 3. The van der Waals surface area contributed by atoms with Gasteiger partial charge in [-0.2, -0.15) is 0 Å². The number of fused-ring (bicyclic) bond motifs is 4. The normalized spacial score (nSPS) is 15.1. The predicted molar refractivity (Wildman–Crippen MR) is 175 cm³/mol. The number of nitrogens with zero attached hydrogens (tertiary/aromatic N) is 1. The number of carbonyl (C=O) groups is 2. The molecule has 9 nitrogen and oxygen atoms in total. The van der Waals surface area contributed by atoms with Crippen molar-refractivity contribution in [1.82, 2.24) is 10.2 Å². The Labute approximate surface area is 264 Å². The van der Waals surface area contributed by atoms with Crippen molar-refractivity contribution in [3.05, 3.63) is 81.0 Å². The van der Waals surface area contributed by atoms with E-state index in [2.05, 4.69) is 28.8 Å². The molecule has 45 heavy (non-hydrogen) atoms. The zero-order valence-corrected chi connectivity index (χ0v) is 26.7. The van der Waals surface area contributed by atoms with Crippen LogP contribution in [-0.4, -0.2) is 51.1 Å². The number of carbonyl (C=O) groups excluding carboxylic acids is 2. The van der Waals surface area contributed by atoms with Crippen LogP contribution in [-0.2, 0) is 29.0 Å². The molecule has 1 aliphatic carbocycles. The molecule has 1 atom stereocenters. The first-order valence-corrected chi connectivity index (χ1v) is 15.7. The number of benzene rings is 2. The SMILES string of the molecule is COc1cc2c(c(OC)c1OC)-c1ccc(NCCCCCC(=O)N3CCc4ccccc4C3)c(=O)cc1[C@H](NC(C)=O)CC2. The summed E-state index contributed by atoms with van der Waals surface area (Å²) in [5.41, 5.74) is 6.23. The molecule has 1 heterocycles. The number of anilines is 1. The molecule has 3 aromatic rings. The van der Waals surface area contributed by atoms with Crippen molar-refractivity contribution >= 4 is 17.5 Å². The average molecular weight is 614 g/mol. The summed E-state index contributed by atoms with van der Waals surface area (Å²) in [6.45, 7) is 3.56. The molecule has 1 aliphatic heterocycles. The molecule has 0 fully saturated rings. The van der Waals surface area contributed by atoms with Gasteiger partial charge in [0.2, 0.25) is 23.0 Å². The minimum absolute atomic E-state index is 0.157. The van der Waals surface area contributed by atoms with Crippen molar-refractivity contribution < 1.29 is 23.8 Å². The van der Waals surface area contributed by atoms with Crippen molar-refractivity contribution in [2.45, 2.75) is 64.5 Å². The van der Waals surface area contributed by atoms with Crippen molar-refractivity contribution in [3.63, 3.8) is 0 Å². The summed E-state index contributed by atoms with van der Waals surface area (Å²) in [6, 6.07) is 15.3. The Kier molecular flexibility index (Phi) is 10.3. The van der Waals surface area contributed by atoms with Gasteiger partial charge >= 0.3 is 0 Å². The van der Waals surface area contributed by atoms with Gasteiger partial charge in [-0.05, 0) is 78.1 Å². The van der Waals surface area contributed by atoms with Crippen LogP contribution in [0.25, 0.3) is 11.1 Å². The van der Waals surface area contributed by atoms with E-state index in [-0.39, 0.29) is 23.3 Å². The third kappa shape index (κ3) is 7.08. The van der Waals surface area contributed by atoms with Crippen LogP contribution in [0, 0.1) is 0 Å². The highest BCUT2D eigenvalue weighted by Crippen LogP contribution is 2.50. The number of aryl methyl sites for hydroxylation is 1. The molecule has 2 aliphatic rings. The minimum atomic E-state index is -0.356. The number of hydrogen-bond acceptors (Lipinski definition) is 7. The molecule has 0 spiro atoms. The Hall–Kier alpha value is -4.53. The topological polar surface area (TPSA) is 106 Å². The number of nitrogens with one attached hydrogen (secondary N) is 2. The van der Waals surface area contributed by atoms with Gasteiger partial charge in [0, 0.05) is 38.5 Å². The van der Waals surface area contributed by atoms with Gasteiger partial charge in [0.05, 0.1) is 33.1 Å². The maximum atomic E-state index is 13.5. The minimum Gasteiger partial charge on any atom is -0.493 e. The van der Waals surface area contributed by atoms with Crippen LogP contribution < -0.4 is 30.3 Å². The third-order valence-corrected chi connectivity index (χ3v) is 8.78. The smallest absolute Gasteiger partial charge is 0.222 e. The van der Waals surface area contributed by atoms with Gasteiger partial charge in [0.15, 0.2) is 11.5 Å². The monoisotopic (exact) mass is 613 g/mol. The lowest BCUT2D eigenvalue weighted by Crippen LogP contribution is -2.35. The van der Waals surface area contributed by atoms with Crippen LogP contribution in [0.2, 0.25) is 0 Å². The van der Waals surface area contributed by atoms with E-state index < -0.39 is 0 Å². The Morgan fingerprint density at radius 2 is 1.67 bits per heavy atom. The highest BCUT2D eigenvalue weighted by Gasteiger charge is 2.29. The first-order valence-electron chi connectivity index (χ1n) is 15.7. The van der Waals surface area contributed by atoms with Gasteiger partial charge in [-0.3, -0.25) is 14.4 Å². The Bertz CT molecular complexity index is 1620. The zero-order valence-electron chi connectivity index (χ0n) is 26.7. The third-order valence-electron chi connectivity index (χ3n) is 8.78. The number of methoxy groups -OCH3 is 3. The van der Waals surface area contributed by atoms with E-state index in [0.29, 0.717) is 55.3 Å². The average Bonchev–Trinajstić information content (AvgIpc) is 3.29. The van der Waals surface area contributed by atoms with E-state index in [1.54, 1.807) is 33.5 Å². The second-order valence-corrected chi connectivity index (χ2v) is 11.7. The van der Waals surface area contributed by atoms with E-state index in [4.69, 9.17) is 14.2 Å². The molecular formula is C36H43N3O6. The quantitative estimate of drug-likeness (QED) is 0.278. The fourth-order valence-electron chi connectivity index (χ4n) is 6.52. The standard InChI is InChI=1S/C36H43N3O6/c1-23(40)38-29-15-13-25-20-32(43-2)35(44-3)36(45-4)34(25)27-14-16-30(31(41)21-28(27)29)37-18-9-5-6-12-33(42)39-19-17-24-10-7-8-11-26(24)22-39/h7-8,10-11,14,16,20-21,29H,5-6,9,12-13,15,17-19,22H2,1-4H3,(H,37,41)(H,38,40)/t29-/m1/s1. The van der Waals surface area contributed by atoms with Gasteiger partial charge in [-0.15, -0.1) is 0 Å². The second kappa shape index (κ2) is 14.5. The Morgan fingerprint density at radius 1 is 0.889 bits per heavy atom. The summed E-state index contributed by atoms with van der Waals surface area (Å²) in [5, 5.41) is 6.35. The molecule has 9 heteroatoms. The van der Waals surface area contributed by atoms with Crippen LogP contribution >= 0.6 is 0 Å². The molecule has 2 N–H and O–H groups in total. The van der Waals surface area contributed by atoms with E-state index in [0.717, 1.165) is 54.5 Å². The maximum Gasteiger partial charge on any atom is 0.222 e. The summed E-state index contributed by atoms with van der Waals surface area (Å²) >= 11 is 0. The fraction of sp³-hybridized carbons (Fsp3) is 0.417. The first-order chi connectivity index (χ1) is 21.8. The van der Waals surface area contributed by atoms with E-state index in [1.807, 2.05) is 23.1 Å². The van der Waals surface area contributed by atoms with Crippen LogP contribution in [0.15, 0.2) is 53.3 Å². The Balaban J connectivity index is 1.29. The summed E-state index contributed by atoms with van der Waals surface area (Å²) < 4.78 is 17.1. The second-order valence-electron chi connectivity index (χ2n) is 11.7. The highest BCUT2D eigenvalue weighted by molar-refractivity contribution is 5.84. The fourth-order valence-corrected chi connectivity index (χ4v) is 6.52. The van der Waals surface area contributed by atoms with Crippen molar-refractivity contribution in [2.24, 2.45) is 0 Å². The molecular weight excluding hydrogens is 570 g/mol. The lowest BCUT2D eigenvalue weighted by molar-refractivity contribution is -0.132. The lowest BCUT2D eigenvalue weighted by Gasteiger charge is -2.29. The summed E-state index contributed by atoms with van der Waals surface area (Å²) in [4.78, 5) is 40.5. The molecule has 0 radical (unpaired) electrons. The summed E-state index contributed by atoms with van der Waals surface area (Å²) in [7, 11) is 4.74. The van der Waals surface area contributed by atoms with Gasteiger partial charge in [-0.25, -0.2) is 0 Å². The van der Waals surface area contributed by atoms with Crippen LogP contribution in [0.4, 0.5) is 5.69 Å². The number of unbranched alkanes of at least 4 members (excludes halogenated alkanes) is 2. The predicted octanol–water partition coefficient (Wildman–Crippen LogP) is 5.42. The van der Waals surface area contributed by atoms with E-state index >= 15 is 0 Å². The van der Waals surface area contributed by atoms with Crippen molar-refractivity contribution in [1.29, 1.82) is 0 Å². The lowest BCUT2D eigenvalue weighted by atomic mass is 9.95. The molecule has 5 rings (SSSR count). The maximum absolute atomic E-state index is 13.5. The van der Waals surface area contributed by atoms with Crippen LogP contribution in [0.1, 0.15) is 67.3 Å². The molecule has 0 aromatic heterocycles. The van der Waals surface area contributed by atoms with Gasteiger partial charge in [-0.1, -0.05) is 36.8 Å². The molecule has 0 saturated carbocycles. The number of amides is 2. The van der Waals surface area contributed by atoms with Gasteiger partial charge < -0.3 is 29.7 Å². The summed E-state index contributed by atoms with van der Waals surface area (Å²) in [5.74, 6) is 1.59. The first kappa shape index (κ1) is 31.9. The Morgan fingerprint density at radius 3 is 2.40 bits per heavy atom. The van der Waals surface area contributed by atoms with Crippen LogP contribution in [0.3, 0.4) is 0 Å². The van der Waals surface area contributed by atoms with Crippen molar-refractivity contribution in [3.8, 4) is 28.4 Å². The van der Waals surface area contributed by atoms with Crippen LogP contribution in [0.5, 0.6) is 17.2 Å². The van der Waals surface area contributed by atoms with Crippen molar-refractivity contribution in [2.75, 3.05) is 39.7 Å². The van der Waals surface area contributed by atoms with E-state index in [1.165, 1.54) is 18.1 Å². The van der Waals surface area contributed by atoms with E-state index in [9.17, 15) is 14.4 Å². The molecule has 0 saturated heterocycles. The highest BCUT2D eigenvalue weighted by atomic mass is 16.5. The molecule has 0 bridgehead atoms.